The summed E-state index contributed by atoms with van der Waals surface area (Å²) in [7, 11) is 0. The highest BCUT2D eigenvalue weighted by atomic mass is 19.4. The molecule has 2 saturated heterocycles. The van der Waals surface area contributed by atoms with Gasteiger partial charge in [0.1, 0.15) is 0 Å². The number of hydrogen-bond acceptors (Lipinski definition) is 2. The number of halogens is 8. The number of rotatable bonds is 8. The van der Waals surface area contributed by atoms with Crippen LogP contribution in [-0.4, -0.2) is 66.3 Å². The molecule has 174 valence electrons. The van der Waals surface area contributed by atoms with Gasteiger partial charge in [-0.15, -0.1) is 0 Å². The summed E-state index contributed by atoms with van der Waals surface area (Å²) in [5, 5.41) is 0. The van der Waals surface area contributed by atoms with E-state index in [2.05, 4.69) is 13.2 Å². The number of hydrogen-bond donors (Lipinski definition) is 0. The van der Waals surface area contributed by atoms with Gasteiger partial charge < -0.3 is 0 Å². The van der Waals surface area contributed by atoms with Crippen molar-refractivity contribution in [1.82, 2.24) is 9.80 Å². The summed E-state index contributed by atoms with van der Waals surface area (Å²) >= 11 is 0. The van der Waals surface area contributed by atoms with Crippen LogP contribution >= 0.6 is 0 Å². The SMILES string of the molecule is C=CC(F)(C(F)N1CCC(CC(=C)C(F)(F)C(F)N2CCCCC2)CC1)C(F)(F)F. The van der Waals surface area contributed by atoms with Crippen molar-refractivity contribution in [2.75, 3.05) is 26.2 Å². The molecule has 0 bridgehead atoms. The van der Waals surface area contributed by atoms with Crippen LogP contribution in [0.15, 0.2) is 24.8 Å². The van der Waals surface area contributed by atoms with E-state index in [4.69, 9.17) is 0 Å². The third kappa shape index (κ3) is 5.18. The maximum atomic E-state index is 14.5. The number of alkyl halides is 8. The number of likely N-dealkylation sites (tertiary alicyclic amines) is 2. The second kappa shape index (κ2) is 9.54. The maximum Gasteiger partial charge on any atom is 0.430 e. The predicted octanol–water partition coefficient (Wildman–Crippen LogP) is 5.81. The van der Waals surface area contributed by atoms with E-state index in [1.807, 2.05) is 0 Å². The van der Waals surface area contributed by atoms with Gasteiger partial charge in [-0.1, -0.05) is 19.6 Å². The van der Waals surface area contributed by atoms with Crippen LogP contribution in [0, 0.1) is 5.92 Å². The first-order valence-electron chi connectivity index (χ1n) is 10.1. The van der Waals surface area contributed by atoms with E-state index in [1.165, 1.54) is 0 Å². The van der Waals surface area contributed by atoms with Gasteiger partial charge in [-0.2, -0.15) is 22.0 Å². The molecule has 0 radical (unpaired) electrons. The summed E-state index contributed by atoms with van der Waals surface area (Å²) in [6, 6.07) is 0. The molecule has 30 heavy (non-hydrogen) atoms. The maximum absolute atomic E-state index is 14.5. The third-order valence-electron chi connectivity index (χ3n) is 6.06. The number of nitrogens with zero attached hydrogens (tertiary/aromatic N) is 2. The van der Waals surface area contributed by atoms with Crippen molar-refractivity contribution in [1.29, 1.82) is 0 Å². The van der Waals surface area contributed by atoms with Crippen LogP contribution in [0.2, 0.25) is 0 Å². The van der Waals surface area contributed by atoms with E-state index < -0.39 is 41.8 Å². The molecule has 2 fully saturated rings. The lowest BCUT2D eigenvalue weighted by molar-refractivity contribution is -0.250. The first kappa shape index (κ1) is 25.1. The van der Waals surface area contributed by atoms with E-state index in [0.29, 0.717) is 17.7 Å². The lowest BCUT2D eigenvalue weighted by Crippen LogP contribution is -2.56. The molecule has 2 rings (SSSR count). The Labute approximate surface area is 171 Å². The van der Waals surface area contributed by atoms with E-state index in [1.54, 1.807) is 0 Å². The van der Waals surface area contributed by atoms with Crippen LogP contribution < -0.4 is 0 Å². The summed E-state index contributed by atoms with van der Waals surface area (Å²) in [6.07, 6.45) is -8.96. The fourth-order valence-electron chi connectivity index (χ4n) is 4.02. The highest BCUT2D eigenvalue weighted by Gasteiger charge is 2.61. The lowest BCUT2D eigenvalue weighted by atomic mass is 9.87. The lowest BCUT2D eigenvalue weighted by Gasteiger charge is -2.40. The fraction of sp³-hybridized carbons (Fsp3) is 0.800. The quantitative estimate of drug-likeness (QED) is 0.263. The Balaban J connectivity index is 1.92. The summed E-state index contributed by atoms with van der Waals surface area (Å²) < 4.78 is 110. The van der Waals surface area contributed by atoms with Gasteiger partial charge in [0, 0.05) is 26.2 Å². The zero-order valence-corrected chi connectivity index (χ0v) is 16.7. The molecular formula is C20H28F8N2. The van der Waals surface area contributed by atoms with Crippen molar-refractivity contribution in [2.45, 2.75) is 68.9 Å². The molecule has 2 aliphatic heterocycles. The summed E-state index contributed by atoms with van der Waals surface area (Å²) in [5.41, 5.74) is -4.80. The van der Waals surface area contributed by atoms with E-state index in [0.717, 1.165) is 11.3 Å². The van der Waals surface area contributed by atoms with Crippen molar-refractivity contribution in [3.05, 3.63) is 24.8 Å². The van der Waals surface area contributed by atoms with E-state index in [-0.39, 0.29) is 51.5 Å². The second-order valence-electron chi connectivity index (χ2n) is 8.15. The molecule has 0 aromatic heterocycles. The average molecular weight is 448 g/mol. The van der Waals surface area contributed by atoms with Gasteiger partial charge in [0.25, 0.3) is 5.67 Å². The topological polar surface area (TPSA) is 6.48 Å². The van der Waals surface area contributed by atoms with Crippen molar-refractivity contribution in [3.8, 4) is 0 Å². The molecule has 0 saturated carbocycles. The normalized spacial score (nSPS) is 24.8. The molecule has 3 unspecified atom stereocenters. The minimum atomic E-state index is -5.47. The third-order valence-corrected chi connectivity index (χ3v) is 6.06. The molecule has 0 spiro atoms. The van der Waals surface area contributed by atoms with Crippen LogP contribution in [0.1, 0.15) is 38.5 Å². The molecule has 0 N–H and O–H groups in total. The minimum Gasteiger partial charge on any atom is -0.271 e. The van der Waals surface area contributed by atoms with Crippen molar-refractivity contribution in [3.63, 3.8) is 0 Å². The Kier molecular flexibility index (Phi) is 7.99. The molecule has 2 nitrogen and oxygen atoms in total. The predicted molar refractivity (Wildman–Crippen MR) is 98.3 cm³/mol. The Morgan fingerprint density at radius 3 is 1.83 bits per heavy atom. The largest absolute Gasteiger partial charge is 0.430 e. The van der Waals surface area contributed by atoms with Gasteiger partial charge in [-0.25, -0.2) is 13.2 Å². The van der Waals surface area contributed by atoms with Crippen molar-refractivity contribution >= 4 is 0 Å². The highest BCUT2D eigenvalue weighted by Crippen LogP contribution is 2.42. The minimum absolute atomic E-state index is 0.0707. The van der Waals surface area contributed by atoms with E-state index in [9.17, 15) is 35.1 Å². The average Bonchev–Trinajstić information content (AvgIpc) is 2.72. The monoisotopic (exact) mass is 448 g/mol. The van der Waals surface area contributed by atoms with Gasteiger partial charge >= 0.3 is 12.1 Å². The summed E-state index contributed by atoms with van der Waals surface area (Å²) in [4.78, 5) is 1.79. The van der Waals surface area contributed by atoms with Gasteiger partial charge in [-0.3, -0.25) is 9.80 Å². The molecule has 10 heteroatoms. The van der Waals surface area contributed by atoms with Crippen LogP contribution in [0.3, 0.4) is 0 Å². The zero-order valence-electron chi connectivity index (χ0n) is 16.7. The molecule has 0 amide bonds. The van der Waals surface area contributed by atoms with E-state index >= 15 is 0 Å². The zero-order chi connectivity index (χ0) is 22.7. The summed E-state index contributed by atoms with van der Waals surface area (Å²) in [6.45, 7) is 6.10. The molecule has 0 aliphatic carbocycles. The van der Waals surface area contributed by atoms with Crippen LogP contribution in [0.5, 0.6) is 0 Å². The van der Waals surface area contributed by atoms with Crippen molar-refractivity contribution in [2.24, 2.45) is 5.92 Å². The molecule has 0 aromatic rings. The summed E-state index contributed by atoms with van der Waals surface area (Å²) in [5.74, 6) is -4.19. The molecule has 3 atom stereocenters. The Bertz CT molecular complexity index is 594. The van der Waals surface area contributed by atoms with Gasteiger partial charge in [-0.05, 0) is 49.7 Å². The van der Waals surface area contributed by atoms with Crippen molar-refractivity contribution < 1.29 is 35.1 Å². The Hall–Kier alpha value is -1.16. The Morgan fingerprint density at radius 1 is 0.867 bits per heavy atom. The molecular weight excluding hydrogens is 420 g/mol. The smallest absolute Gasteiger partial charge is 0.271 e. The van der Waals surface area contributed by atoms with Gasteiger partial charge in [0.2, 0.25) is 12.6 Å². The first-order chi connectivity index (χ1) is 13.8. The van der Waals surface area contributed by atoms with Gasteiger partial charge in [0.15, 0.2) is 0 Å². The fourth-order valence-corrected chi connectivity index (χ4v) is 4.02. The molecule has 2 heterocycles. The number of piperidine rings is 2. The highest BCUT2D eigenvalue weighted by molar-refractivity contribution is 5.12. The molecule has 0 aromatic carbocycles. The van der Waals surface area contributed by atoms with Crippen LogP contribution in [0.4, 0.5) is 35.1 Å². The first-order valence-corrected chi connectivity index (χ1v) is 10.1. The molecule has 2 aliphatic rings. The standard InChI is InChI=1S/C20H28F8N2/c1-3-18(23,20(26,27)28)16(21)30-11-7-15(8-12-30)13-14(2)19(24,25)17(22)29-9-5-4-6-10-29/h3,15-17H,1-2,4-13H2. The Morgan fingerprint density at radius 2 is 1.37 bits per heavy atom. The van der Waals surface area contributed by atoms with Gasteiger partial charge in [0.05, 0.1) is 0 Å². The second-order valence-corrected chi connectivity index (χ2v) is 8.15. The van der Waals surface area contributed by atoms with Crippen LogP contribution in [0.25, 0.3) is 0 Å². The van der Waals surface area contributed by atoms with Crippen LogP contribution in [-0.2, 0) is 0 Å².